The van der Waals surface area contributed by atoms with Crippen molar-refractivity contribution in [1.29, 1.82) is 0 Å². The normalized spacial score (nSPS) is 16.6. The lowest BCUT2D eigenvalue weighted by Crippen LogP contribution is -2.49. The third-order valence-corrected chi connectivity index (χ3v) is 3.81. The predicted octanol–water partition coefficient (Wildman–Crippen LogP) is -0.409. The highest BCUT2D eigenvalue weighted by molar-refractivity contribution is 7.11. The van der Waals surface area contributed by atoms with Gasteiger partial charge in [0, 0.05) is 38.1 Å². The number of carbonyl (C=O) groups excluding carboxylic acids is 1. The molecule has 104 valence electrons. The summed E-state index contributed by atoms with van der Waals surface area (Å²) in [7, 11) is 0. The van der Waals surface area contributed by atoms with Crippen molar-refractivity contribution < 1.29 is 19.8 Å². The first-order valence-corrected chi connectivity index (χ1v) is 6.81. The number of aromatic nitrogens is 1. The van der Waals surface area contributed by atoms with Crippen LogP contribution in [0, 0.1) is 0 Å². The molecule has 1 saturated heterocycles. The second kappa shape index (κ2) is 6.09. The van der Waals surface area contributed by atoms with Gasteiger partial charge in [-0.3, -0.25) is 9.69 Å². The van der Waals surface area contributed by atoms with Gasteiger partial charge in [0.25, 0.3) is 5.91 Å². The Labute approximate surface area is 114 Å². The number of rotatable bonds is 4. The number of hydrogen-bond acceptors (Lipinski definition) is 6. The fourth-order valence-corrected chi connectivity index (χ4v) is 2.68. The van der Waals surface area contributed by atoms with Gasteiger partial charge in [-0.2, -0.15) is 0 Å². The molecule has 0 atom stereocenters. The van der Waals surface area contributed by atoms with Crippen LogP contribution in [0.4, 0.5) is 0 Å². The average molecular weight is 285 g/mol. The number of thiazole rings is 1. The van der Waals surface area contributed by atoms with Gasteiger partial charge in [0.05, 0.1) is 6.61 Å². The molecule has 7 nitrogen and oxygen atoms in total. The van der Waals surface area contributed by atoms with E-state index in [0.717, 1.165) is 11.3 Å². The molecule has 0 radical (unpaired) electrons. The minimum Gasteiger partial charge on any atom is -0.476 e. The number of carboxylic acids is 1. The monoisotopic (exact) mass is 285 g/mol. The first kappa shape index (κ1) is 13.9. The smallest absolute Gasteiger partial charge is 0.355 e. The van der Waals surface area contributed by atoms with E-state index >= 15 is 0 Å². The van der Waals surface area contributed by atoms with Gasteiger partial charge in [-0.05, 0) is 0 Å². The first-order valence-electron chi connectivity index (χ1n) is 5.93. The van der Waals surface area contributed by atoms with E-state index in [1.165, 1.54) is 5.38 Å². The molecule has 0 bridgehead atoms. The molecule has 19 heavy (non-hydrogen) atoms. The highest BCUT2D eigenvalue weighted by Crippen LogP contribution is 2.14. The SMILES string of the molecule is O=C(O)c1csc(C(=O)N2CCN(CCO)CC2)n1. The van der Waals surface area contributed by atoms with E-state index in [2.05, 4.69) is 9.88 Å². The molecule has 1 aliphatic rings. The molecule has 1 aliphatic heterocycles. The summed E-state index contributed by atoms with van der Waals surface area (Å²) in [5.41, 5.74) is -0.0905. The summed E-state index contributed by atoms with van der Waals surface area (Å²) >= 11 is 1.05. The van der Waals surface area contributed by atoms with Gasteiger partial charge >= 0.3 is 5.97 Å². The molecule has 1 aromatic heterocycles. The quantitative estimate of drug-likeness (QED) is 0.781. The summed E-state index contributed by atoms with van der Waals surface area (Å²) < 4.78 is 0. The van der Waals surface area contributed by atoms with Crippen molar-refractivity contribution >= 4 is 23.2 Å². The van der Waals surface area contributed by atoms with Crippen LogP contribution in [-0.2, 0) is 0 Å². The molecule has 0 unspecified atom stereocenters. The van der Waals surface area contributed by atoms with Crippen LogP contribution in [0.3, 0.4) is 0 Å². The van der Waals surface area contributed by atoms with Gasteiger partial charge in [0.15, 0.2) is 10.7 Å². The van der Waals surface area contributed by atoms with Gasteiger partial charge < -0.3 is 15.1 Å². The highest BCUT2D eigenvalue weighted by atomic mass is 32.1. The van der Waals surface area contributed by atoms with Gasteiger partial charge in [-0.15, -0.1) is 11.3 Å². The molecule has 0 aliphatic carbocycles. The number of aromatic carboxylic acids is 1. The fourth-order valence-electron chi connectivity index (χ4n) is 1.92. The Morgan fingerprint density at radius 1 is 1.32 bits per heavy atom. The summed E-state index contributed by atoms with van der Waals surface area (Å²) in [5.74, 6) is -1.34. The topological polar surface area (TPSA) is 94.0 Å². The second-order valence-corrected chi connectivity index (χ2v) is 5.06. The lowest BCUT2D eigenvalue weighted by molar-refractivity contribution is 0.0614. The van der Waals surface area contributed by atoms with Crippen LogP contribution < -0.4 is 0 Å². The van der Waals surface area contributed by atoms with Crippen molar-refractivity contribution in [1.82, 2.24) is 14.8 Å². The standard InChI is InChI=1S/C11H15N3O4S/c15-6-5-13-1-3-14(4-2-13)10(16)9-12-8(7-19-9)11(17)18/h7,15H,1-6H2,(H,17,18). The molecule has 8 heteroatoms. The molecular formula is C11H15N3O4S. The van der Waals surface area contributed by atoms with Crippen molar-refractivity contribution in [2.75, 3.05) is 39.3 Å². The van der Waals surface area contributed by atoms with Gasteiger partial charge in [0.2, 0.25) is 0 Å². The Kier molecular flexibility index (Phi) is 4.46. The molecule has 0 aromatic carbocycles. The van der Waals surface area contributed by atoms with Gasteiger partial charge in [-0.25, -0.2) is 9.78 Å². The predicted molar refractivity (Wildman–Crippen MR) is 68.5 cm³/mol. The van der Waals surface area contributed by atoms with Crippen molar-refractivity contribution in [3.8, 4) is 0 Å². The Bertz CT molecular complexity index is 468. The lowest BCUT2D eigenvalue weighted by atomic mass is 10.3. The van der Waals surface area contributed by atoms with Crippen molar-refractivity contribution in [3.05, 3.63) is 16.1 Å². The average Bonchev–Trinajstić information content (AvgIpc) is 2.89. The molecule has 0 saturated carbocycles. The number of aliphatic hydroxyl groups excluding tert-OH is 1. The summed E-state index contributed by atoms with van der Waals surface area (Å²) in [6.07, 6.45) is 0. The Hall–Kier alpha value is -1.51. The van der Waals surface area contributed by atoms with Gasteiger partial charge in [0.1, 0.15) is 0 Å². The molecule has 0 spiro atoms. The van der Waals surface area contributed by atoms with Crippen molar-refractivity contribution in [3.63, 3.8) is 0 Å². The van der Waals surface area contributed by atoms with E-state index in [1.54, 1.807) is 4.90 Å². The Balaban J connectivity index is 1.95. The third-order valence-electron chi connectivity index (χ3n) is 2.98. The van der Waals surface area contributed by atoms with Crippen LogP contribution in [0.15, 0.2) is 5.38 Å². The maximum Gasteiger partial charge on any atom is 0.355 e. The van der Waals surface area contributed by atoms with Crippen molar-refractivity contribution in [2.45, 2.75) is 0 Å². The first-order chi connectivity index (χ1) is 9.11. The number of nitrogens with zero attached hydrogens (tertiary/aromatic N) is 3. The number of carboxylic acid groups (broad SMARTS) is 1. The highest BCUT2D eigenvalue weighted by Gasteiger charge is 2.24. The van der Waals surface area contributed by atoms with E-state index in [9.17, 15) is 9.59 Å². The summed E-state index contributed by atoms with van der Waals surface area (Å²) in [5, 5.41) is 19.2. The number of β-amino-alcohol motifs (C(OH)–C–C–N with tert-alkyl or cyclic N) is 1. The van der Waals surface area contributed by atoms with Crippen LogP contribution in [0.5, 0.6) is 0 Å². The zero-order chi connectivity index (χ0) is 13.8. The molecule has 1 aromatic rings. The molecule has 2 heterocycles. The van der Waals surface area contributed by atoms with Crippen LogP contribution in [0.25, 0.3) is 0 Å². The largest absolute Gasteiger partial charge is 0.476 e. The van der Waals surface area contributed by atoms with Crippen molar-refractivity contribution in [2.24, 2.45) is 0 Å². The molecule has 2 rings (SSSR count). The number of amides is 1. The van der Waals surface area contributed by atoms with E-state index in [4.69, 9.17) is 10.2 Å². The molecule has 1 fully saturated rings. The van der Waals surface area contributed by atoms with Crippen LogP contribution in [0.2, 0.25) is 0 Å². The number of carbonyl (C=O) groups is 2. The second-order valence-electron chi connectivity index (χ2n) is 4.20. The minimum absolute atomic E-state index is 0.0905. The summed E-state index contributed by atoms with van der Waals surface area (Å²) in [4.78, 5) is 30.4. The number of piperazine rings is 1. The van der Waals surface area contributed by atoms with Gasteiger partial charge in [-0.1, -0.05) is 0 Å². The Morgan fingerprint density at radius 2 is 2.00 bits per heavy atom. The minimum atomic E-state index is -1.12. The zero-order valence-electron chi connectivity index (χ0n) is 10.3. The van der Waals surface area contributed by atoms with Crippen LogP contribution in [0.1, 0.15) is 20.3 Å². The Morgan fingerprint density at radius 3 is 2.53 bits per heavy atom. The summed E-state index contributed by atoms with van der Waals surface area (Å²) in [6, 6.07) is 0. The maximum absolute atomic E-state index is 12.1. The number of aliphatic hydroxyl groups is 1. The summed E-state index contributed by atoms with van der Waals surface area (Å²) in [6.45, 7) is 3.29. The lowest BCUT2D eigenvalue weighted by Gasteiger charge is -2.33. The van der Waals surface area contributed by atoms with E-state index in [0.29, 0.717) is 32.7 Å². The van der Waals surface area contributed by atoms with Crippen LogP contribution >= 0.6 is 11.3 Å². The molecule has 1 amide bonds. The molecular weight excluding hydrogens is 270 g/mol. The van der Waals surface area contributed by atoms with E-state index in [1.807, 2.05) is 0 Å². The third kappa shape index (κ3) is 3.28. The number of hydrogen-bond donors (Lipinski definition) is 2. The van der Waals surface area contributed by atoms with E-state index < -0.39 is 5.97 Å². The van der Waals surface area contributed by atoms with E-state index in [-0.39, 0.29) is 23.2 Å². The molecule has 2 N–H and O–H groups in total. The van der Waals surface area contributed by atoms with Crippen LogP contribution in [-0.4, -0.2) is 76.2 Å². The fraction of sp³-hybridized carbons (Fsp3) is 0.545. The zero-order valence-corrected chi connectivity index (χ0v) is 11.1. The maximum atomic E-state index is 12.1.